The summed E-state index contributed by atoms with van der Waals surface area (Å²) in [5, 5.41) is 22.1. The van der Waals surface area contributed by atoms with Gasteiger partial charge < -0.3 is 39.0 Å². The molecule has 6 aromatic carbocycles. The Bertz CT molecular complexity index is 2120. The second-order valence-corrected chi connectivity index (χ2v) is 18.3. The Hall–Kier alpha value is -5.64. The van der Waals surface area contributed by atoms with Gasteiger partial charge >= 0.3 is 0 Å². The van der Waals surface area contributed by atoms with Gasteiger partial charge in [0.1, 0.15) is 13.2 Å². The first kappa shape index (κ1) is 48.3. The van der Waals surface area contributed by atoms with E-state index in [2.05, 4.69) is 96.4 Å². The summed E-state index contributed by atoms with van der Waals surface area (Å²) >= 11 is 0. The number of aliphatic hydroxyl groups is 2. The van der Waals surface area contributed by atoms with Gasteiger partial charge in [0.25, 0.3) is 0 Å². The van der Waals surface area contributed by atoms with Crippen LogP contribution in [0.15, 0.2) is 158 Å². The van der Waals surface area contributed by atoms with Crippen LogP contribution in [0.3, 0.4) is 0 Å². The van der Waals surface area contributed by atoms with E-state index in [-0.39, 0.29) is 0 Å². The van der Waals surface area contributed by atoms with Crippen LogP contribution in [-0.2, 0) is 26.1 Å². The van der Waals surface area contributed by atoms with E-state index >= 15 is 0 Å². The van der Waals surface area contributed by atoms with Crippen molar-refractivity contribution in [3.05, 3.63) is 191 Å². The molecule has 2 aliphatic heterocycles. The molecule has 8 nitrogen and oxygen atoms in total. The van der Waals surface area contributed by atoms with Gasteiger partial charge in [0.2, 0.25) is 0 Å². The fourth-order valence-electron chi connectivity index (χ4n) is 8.70. The molecule has 0 atom stereocenters. The third kappa shape index (κ3) is 15.8. The van der Waals surface area contributed by atoms with E-state index in [1.54, 1.807) is 0 Å². The Labute approximate surface area is 393 Å². The van der Waals surface area contributed by atoms with E-state index in [9.17, 15) is 10.2 Å². The van der Waals surface area contributed by atoms with Crippen molar-refractivity contribution < 1.29 is 29.2 Å². The summed E-state index contributed by atoms with van der Waals surface area (Å²) in [4.78, 5) is 4.87. The highest BCUT2D eigenvalue weighted by Crippen LogP contribution is 2.31. The molecule has 0 radical (unpaired) electrons. The molecule has 0 amide bonds. The normalized spacial score (nSPS) is 15.8. The summed E-state index contributed by atoms with van der Waals surface area (Å²) in [5.41, 5.74) is 6.06. The van der Waals surface area contributed by atoms with Gasteiger partial charge in [-0.05, 0) is 98.9 Å². The second kappa shape index (κ2) is 24.8. The van der Waals surface area contributed by atoms with Crippen LogP contribution in [0.2, 0.25) is 0 Å². The van der Waals surface area contributed by atoms with E-state index < -0.39 is 11.2 Å². The standard InChI is InChI=1S/2C29H35NO3/c2*1-24-12-14-25(15-13-24)22-29(31)16-19-30(20-17-29)18-7-21-32-27-10-5-6-11-28(27)33-23-26-8-3-2-4-9-26/h2*2-6,8-15,31H,7,16-23H2,1H3. The predicted octanol–water partition coefficient (Wildman–Crippen LogP) is 10.8. The number of para-hydroxylation sites is 4. The Balaban J connectivity index is 0.000000196. The molecule has 8 rings (SSSR count). The van der Waals surface area contributed by atoms with Crippen molar-refractivity contribution in [2.24, 2.45) is 0 Å². The van der Waals surface area contributed by atoms with Gasteiger partial charge in [-0.2, -0.15) is 0 Å². The van der Waals surface area contributed by atoms with Crippen LogP contribution >= 0.6 is 0 Å². The zero-order valence-electron chi connectivity index (χ0n) is 39.2. The molecule has 0 saturated carbocycles. The lowest BCUT2D eigenvalue weighted by atomic mass is 9.85. The first-order valence-electron chi connectivity index (χ1n) is 24.0. The number of likely N-dealkylation sites (tertiary alicyclic amines) is 2. The number of hydrogen-bond donors (Lipinski definition) is 2. The summed E-state index contributed by atoms with van der Waals surface area (Å²) in [7, 11) is 0. The number of ether oxygens (including phenoxy) is 4. The van der Waals surface area contributed by atoms with Crippen LogP contribution in [-0.4, -0.2) is 83.7 Å². The molecule has 6 aromatic rings. The van der Waals surface area contributed by atoms with E-state index in [0.717, 1.165) is 125 Å². The third-order valence-corrected chi connectivity index (χ3v) is 12.8. The maximum absolute atomic E-state index is 11.0. The number of piperidine rings is 2. The lowest BCUT2D eigenvalue weighted by Crippen LogP contribution is -2.46. The van der Waals surface area contributed by atoms with Crippen molar-refractivity contribution in [2.45, 2.75) is 89.6 Å². The fraction of sp³-hybridized carbons (Fsp3) is 0.379. The average molecular weight is 891 g/mol. The maximum Gasteiger partial charge on any atom is 0.161 e. The zero-order chi connectivity index (χ0) is 45.9. The number of nitrogens with zero attached hydrogens (tertiary/aromatic N) is 2. The van der Waals surface area contributed by atoms with E-state index in [1.165, 1.54) is 22.3 Å². The molecule has 0 bridgehead atoms. The van der Waals surface area contributed by atoms with Crippen molar-refractivity contribution in [3.63, 3.8) is 0 Å². The van der Waals surface area contributed by atoms with Crippen molar-refractivity contribution in [2.75, 3.05) is 52.5 Å². The van der Waals surface area contributed by atoms with Gasteiger partial charge in [0.05, 0.1) is 24.4 Å². The first-order chi connectivity index (χ1) is 32.2. The van der Waals surface area contributed by atoms with Crippen molar-refractivity contribution >= 4 is 0 Å². The van der Waals surface area contributed by atoms with Crippen LogP contribution in [0, 0.1) is 13.8 Å². The molecule has 0 aromatic heterocycles. The zero-order valence-corrected chi connectivity index (χ0v) is 39.2. The van der Waals surface area contributed by atoms with Gasteiger partial charge in [-0.25, -0.2) is 0 Å². The minimum absolute atomic E-state index is 0.528. The van der Waals surface area contributed by atoms with Gasteiger partial charge in [-0.15, -0.1) is 0 Å². The number of hydrogen-bond acceptors (Lipinski definition) is 8. The second-order valence-electron chi connectivity index (χ2n) is 18.3. The molecular formula is C58H70N2O6. The minimum Gasteiger partial charge on any atom is -0.490 e. The molecule has 348 valence electrons. The maximum atomic E-state index is 11.0. The quantitative estimate of drug-likeness (QED) is 0.0734. The lowest BCUT2D eigenvalue weighted by molar-refractivity contribution is -0.0216. The summed E-state index contributed by atoms with van der Waals surface area (Å²) in [5.74, 6) is 3.14. The van der Waals surface area contributed by atoms with Crippen LogP contribution in [0.5, 0.6) is 23.0 Å². The van der Waals surface area contributed by atoms with Crippen LogP contribution in [0.25, 0.3) is 0 Å². The molecule has 0 aliphatic carbocycles. The van der Waals surface area contributed by atoms with Gasteiger partial charge in [0.15, 0.2) is 23.0 Å². The molecule has 8 heteroatoms. The molecule has 0 unspecified atom stereocenters. The first-order valence-corrected chi connectivity index (χ1v) is 24.0. The van der Waals surface area contributed by atoms with Crippen LogP contribution in [0.4, 0.5) is 0 Å². The number of rotatable bonds is 20. The Morgan fingerprint density at radius 1 is 0.394 bits per heavy atom. The summed E-state index contributed by atoms with van der Waals surface area (Å²) < 4.78 is 24.1. The Morgan fingerprint density at radius 2 is 0.712 bits per heavy atom. The summed E-state index contributed by atoms with van der Waals surface area (Å²) in [6.07, 6.45) is 6.65. The van der Waals surface area contributed by atoms with Gasteiger partial charge in [0, 0.05) is 52.1 Å². The van der Waals surface area contributed by atoms with Gasteiger partial charge in [-0.1, -0.05) is 145 Å². The third-order valence-electron chi connectivity index (χ3n) is 12.8. The largest absolute Gasteiger partial charge is 0.490 e. The predicted molar refractivity (Wildman–Crippen MR) is 266 cm³/mol. The fourth-order valence-corrected chi connectivity index (χ4v) is 8.70. The highest BCUT2D eigenvalue weighted by molar-refractivity contribution is 5.40. The average Bonchev–Trinajstić information content (AvgIpc) is 3.34. The minimum atomic E-state index is -0.586. The van der Waals surface area contributed by atoms with E-state index in [0.29, 0.717) is 26.4 Å². The molecule has 2 saturated heterocycles. The highest BCUT2D eigenvalue weighted by Gasteiger charge is 2.33. The Kier molecular flexibility index (Phi) is 18.1. The summed E-state index contributed by atoms with van der Waals surface area (Å²) in [6.45, 7) is 12.2. The molecule has 2 N–H and O–H groups in total. The van der Waals surface area contributed by atoms with Gasteiger partial charge in [-0.3, -0.25) is 0 Å². The molecule has 2 heterocycles. The van der Waals surface area contributed by atoms with Crippen molar-refractivity contribution in [3.8, 4) is 23.0 Å². The van der Waals surface area contributed by atoms with E-state index in [4.69, 9.17) is 18.9 Å². The molecule has 0 spiro atoms. The number of aryl methyl sites for hydroxylation is 2. The smallest absolute Gasteiger partial charge is 0.161 e. The molecule has 66 heavy (non-hydrogen) atoms. The lowest BCUT2D eigenvalue weighted by Gasteiger charge is -2.38. The van der Waals surface area contributed by atoms with E-state index in [1.807, 2.05) is 84.9 Å². The van der Waals surface area contributed by atoms with Crippen molar-refractivity contribution in [1.29, 1.82) is 0 Å². The number of benzene rings is 6. The highest BCUT2D eigenvalue weighted by atomic mass is 16.5. The SMILES string of the molecule is Cc1ccc(CC2(O)CCN(CCCOc3ccccc3OCc3ccccc3)CC2)cc1.Cc1ccc(CC2(O)CCN(CCCOc3ccccc3OCc3ccccc3)CC2)cc1. The summed E-state index contributed by atoms with van der Waals surface area (Å²) in [6, 6.07) is 53.1. The molecule has 2 aliphatic rings. The van der Waals surface area contributed by atoms with Crippen molar-refractivity contribution in [1.82, 2.24) is 9.80 Å². The topological polar surface area (TPSA) is 83.9 Å². The van der Waals surface area contributed by atoms with Crippen LogP contribution < -0.4 is 18.9 Å². The molecule has 2 fully saturated rings. The monoisotopic (exact) mass is 891 g/mol. The van der Waals surface area contributed by atoms with Crippen LogP contribution in [0.1, 0.15) is 71.9 Å². The molecular weight excluding hydrogens is 821 g/mol. The Morgan fingerprint density at radius 3 is 1.06 bits per heavy atom.